The molecule has 1 fully saturated rings. The van der Waals surface area contributed by atoms with E-state index in [1.54, 1.807) is 18.6 Å². The van der Waals surface area contributed by atoms with Crippen LogP contribution in [-0.2, 0) is 6.54 Å². The van der Waals surface area contributed by atoms with Crippen molar-refractivity contribution in [2.45, 2.75) is 32.2 Å². The van der Waals surface area contributed by atoms with Crippen LogP contribution in [0.25, 0.3) is 0 Å². The number of rotatable bonds is 6. The Labute approximate surface area is 199 Å². The molecule has 0 saturated carbocycles. The zero-order valence-electron chi connectivity index (χ0n) is 19.2. The van der Waals surface area contributed by atoms with Gasteiger partial charge in [-0.25, -0.2) is 9.97 Å². The van der Waals surface area contributed by atoms with Crippen LogP contribution in [0.5, 0.6) is 11.6 Å². The second-order valence-corrected chi connectivity index (χ2v) is 8.59. The first-order chi connectivity index (χ1) is 16.7. The Morgan fingerprint density at radius 1 is 1.12 bits per heavy atom. The average molecular weight is 454 g/mol. The van der Waals surface area contributed by atoms with Crippen molar-refractivity contribution >= 4 is 5.91 Å². The highest BCUT2D eigenvalue weighted by Gasteiger charge is 2.27. The number of imidazole rings is 1. The molecular formula is C27H27N5O2. The number of carbonyl (C=O) groups is 1. The predicted octanol–water partition coefficient (Wildman–Crippen LogP) is 4.84. The van der Waals surface area contributed by atoms with Crippen LogP contribution in [0.4, 0.5) is 0 Å². The molecule has 1 saturated heterocycles. The molecule has 1 unspecified atom stereocenters. The molecule has 1 aliphatic heterocycles. The number of para-hydroxylation sites is 1. The van der Waals surface area contributed by atoms with Gasteiger partial charge in [-0.05, 0) is 49.6 Å². The summed E-state index contributed by atoms with van der Waals surface area (Å²) in [5.41, 5.74) is 2.65. The SMILES string of the molecule is Cc1nccn1Cc1cccc(C(=O)N2CCCC(c3cncc(Oc4ccccc4)n3)C2)c1. The third-order valence-electron chi connectivity index (χ3n) is 6.17. The molecule has 172 valence electrons. The molecule has 0 radical (unpaired) electrons. The van der Waals surface area contributed by atoms with Crippen molar-refractivity contribution in [3.05, 3.63) is 102 Å². The molecule has 1 atom stereocenters. The quantitative estimate of drug-likeness (QED) is 0.418. The van der Waals surface area contributed by atoms with E-state index in [0.717, 1.165) is 42.2 Å². The van der Waals surface area contributed by atoms with Crippen molar-refractivity contribution in [1.29, 1.82) is 0 Å². The Kier molecular flexibility index (Phi) is 6.33. The van der Waals surface area contributed by atoms with E-state index in [9.17, 15) is 4.79 Å². The number of likely N-dealkylation sites (tertiary alicyclic amines) is 1. The van der Waals surface area contributed by atoms with Gasteiger partial charge in [0.25, 0.3) is 5.91 Å². The van der Waals surface area contributed by atoms with E-state index in [1.165, 1.54) is 0 Å². The standard InChI is InChI=1S/C27H27N5O2/c1-20-29-12-14-31(20)18-21-7-5-8-22(15-21)27(33)32-13-6-9-23(19-32)25-16-28-17-26(30-25)34-24-10-3-2-4-11-24/h2-5,7-8,10-12,14-17,23H,6,9,13,18-19H2,1H3. The van der Waals surface area contributed by atoms with E-state index >= 15 is 0 Å². The molecule has 7 nitrogen and oxygen atoms in total. The highest BCUT2D eigenvalue weighted by atomic mass is 16.5. The molecule has 4 aromatic rings. The Morgan fingerprint density at radius 2 is 2.00 bits per heavy atom. The molecule has 2 aromatic carbocycles. The van der Waals surface area contributed by atoms with Crippen molar-refractivity contribution in [3.63, 3.8) is 0 Å². The van der Waals surface area contributed by atoms with Gasteiger partial charge >= 0.3 is 0 Å². The fourth-order valence-corrected chi connectivity index (χ4v) is 4.37. The van der Waals surface area contributed by atoms with E-state index in [-0.39, 0.29) is 11.8 Å². The number of hydrogen-bond donors (Lipinski definition) is 0. The molecule has 34 heavy (non-hydrogen) atoms. The average Bonchev–Trinajstić information content (AvgIpc) is 3.28. The van der Waals surface area contributed by atoms with Crippen LogP contribution in [0.15, 0.2) is 79.4 Å². The summed E-state index contributed by atoms with van der Waals surface area (Å²) in [4.78, 5) is 28.6. The number of nitrogens with zero attached hydrogens (tertiary/aromatic N) is 5. The zero-order valence-corrected chi connectivity index (χ0v) is 19.2. The van der Waals surface area contributed by atoms with Crippen LogP contribution < -0.4 is 4.74 Å². The second-order valence-electron chi connectivity index (χ2n) is 8.59. The third-order valence-corrected chi connectivity index (χ3v) is 6.17. The zero-order chi connectivity index (χ0) is 23.3. The first-order valence-electron chi connectivity index (χ1n) is 11.6. The molecule has 0 N–H and O–H groups in total. The number of ether oxygens (including phenoxy) is 1. The number of piperidine rings is 1. The number of carbonyl (C=O) groups excluding carboxylic acids is 1. The van der Waals surface area contributed by atoms with E-state index in [1.807, 2.05) is 72.6 Å². The molecule has 1 aliphatic rings. The fraction of sp³-hybridized carbons (Fsp3) is 0.259. The summed E-state index contributed by atoms with van der Waals surface area (Å²) in [6.45, 7) is 4.03. The number of hydrogen-bond acceptors (Lipinski definition) is 5. The van der Waals surface area contributed by atoms with E-state index in [4.69, 9.17) is 9.72 Å². The lowest BCUT2D eigenvalue weighted by molar-refractivity contribution is 0.0705. The van der Waals surface area contributed by atoms with Crippen LogP contribution in [0.2, 0.25) is 0 Å². The minimum Gasteiger partial charge on any atom is -0.437 e. The Hall–Kier alpha value is -4.00. The number of benzene rings is 2. The first-order valence-corrected chi connectivity index (χ1v) is 11.6. The molecule has 0 bridgehead atoms. The fourth-order valence-electron chi connectivity index (χ4n) is 4.37. The van der Waals surface area contributed by atoms with E-state index < -0.39 is 0 Å². The number of aryl methyl sites for hydroxylation is 1. The van der Waals surface area contributed by atoms with Crippen molar-refractivity contribution in [1.82, 2.24) is 24.4 Å². The molecule has 0 aliphatic carbocycles. The molecule has 3 heterocycles. The molecule has 0 spiro atoms. The maximum Gasteiger partial charge on any atom is 0.253 e. The van der Waals surface area contributed by atoms with Crippen LogP contribution in [0.3, 0.4) is 0 Å². The minimum atomic E-state index is 0.0542. The van der Waals surface area contributed by atoms with Gasteiger partial charge in [-0.15, -0.1) is 0 Å². The Balaban J connectivity index is 1.28. The topological polar surface area (TPSA) is 73.1 Å². The molecule has 1 amide bonds. The second kappa shape index (κ2) is 9.87. The largest absolute Gasteiger partial charge is 0.437 e. The maximum atomic E-state index is 13.4. The summed E-state index contributed by atoms with van der Waals surface area (Å²) in [6.07, 6.45) is 9.04. The van der Waals surface area contributed by atoms with Gasteiger partial charge < -0.3 is 14.2 Å². The van der Waals surface area contributed by atoms with Gasteiger partial charge in [-0.2, -0.15) is 0 Å². The van der Waals surface area contributed by atoms with Crippen LogP contribution in [0, 0.1) is 6.92 Å². The maximum absolute atomic E-state index is 13.4. The smallest absolute Gasteiger partial charge is 0.253 e. The summed E-state index contributed by atoms with van der Waals surface area (Å²) in [5.74, 6) is 2.32. The lowest BCUT2D eigenvalue weighted by atomic mass is 9.94. The Morgan fingerprint density at radius 3 is 2.82 bits per heavy atom. The number of amides is 1. The van der Waals surface area contributed by atoms with E-state index in [0.29, 0.717) is 24.5 Å². The normalized spacial score (nSPS) is 15.8. The first kappa shape index (κ1) is 21.8. The van der Waals surface area contributed by atoms with Gasteiger partial charge in [-0.3, -0.25) is 9.78 Å². The lowest BCUT2D eigenvalue weighted by Gasteiger charge is -2.32. The van der Waals surface area contributed by atoms with Crippen LogP contribution >= 0.6 is 0 Å². The molecular weight excluding hydrogens is 426 g/mol. The van der Waals surface area contributed by atoms with Crippen LogP contribution in [0.1, 0.15) is 46.2 Å². The third kappa shape index (κ3) is 4.98. The van der Waals surface area contributed by atoms with Crippen molar-refractivity contribution in [2.75, 3.05) is 13.1 Å². The highest BCUT2D eigenvalue weighted by molar-refractivity contribution is 5.94. The number of aromatic nitrogens is 4. The van der Waals surface area contributed by atoms with Gasteiger partial charge in [0.2, 0.25) is 5.88 Å². The molecule has 2 aromatic heterocycles. The van der Waals surface area contributed by atoms with Crippen molar-refractivity contribution in [3.8, 4) is 11.6 Å². The van der Waals surface area contributed by atoms with Gasteiger partial charge in [0.15, 0.2) is 0 Å². The molecule has 5 rings (SSSR count). The summed E-state index contributed by atoms with van der Waals surface area (Å²) < 4.78 is 7.93. The summed E-state index contributed by atoms with van der Waals surface area (Å²) >= 11 is 0. The monoisotopic (exact) mass is 453 g/mol. The summed E-state index contributed by atoms with van der Waals surface area (Å²) in [6, 6.07) is 17.4. The van der Waals surface area contributed by atoms with Crippen LogP contribution in [-0.4, -0.2) is 43.4 Å². The van der Waals surface area contributed by atoms with Gasteiger partial charge in [0.05, 0.1) is 11.9 Å². The van der Waals surface area contributed by atoms with Gasteiger partial charge in [0.1, 0.15) is 11.6 Å². The summed E-state index contributed by atoms with van der Waals surface area (Å²) in [7, 11) is 0. The minimum absolute atomic E-state index is 0.0542. The van der Waals surface area contributed by atoms with E-state index in [2.05, 4.69) is 14.5 Å². The van der Waals surface area contributed by atoms with Crippen molar-refractivity contribution in [2.24, 2.45) is 0 Å². The Bertz CT molecular complexity index is 1270. The van der Waals surface area contributed by atoms with Gasteiger partial charge in [-0.1, -0.05) is 30.3 Å². The molecule has 7 heteroatoms. The lowest BCUT2D eigenvalue weighted by Crippen LogP contribution is -2.39. The van der Waals surface area contributed by atoms with Crippen molar-refractivity contribution < 1.29 is 9.53 Å². The summed E-state index contributed by atoms with van der Waals surface area (Å²) in [5, 5.41) is 0. The van der Waals surface area contributed by atoms with Gasteiger partial charge in [0, 0.05) is 49.7 Å². The predicted molar refractivity (Wildman–Crippen MR) is 129 cm³/mol. The highest BCUT2D eigenvalue weighted by Crippen LogP contribution is 2.28.